The molecule has 0 radical (unpaired) electrons. The third kappa shape index (κ3) is 4.27. The Morgan fingerprint density at radius 1 is 1.53 bits per heavy atom. The van der Waals surface area contributed by atoms with E-state index in [1.165, 1.54) is 6.20 Å². The molecular weight excluding hydrogens is 267 g/mol. The van der Waals surface area contributed by atoms with Crippen LogP contribution < -0.4 is 10.5 Å². The fourth-order valence-corrected chi connectivity index (χ4v) is 1.49. The molecule has 1 N–H and O–H groups in total. The second kappa shape index (κ2) is 5.72. The predicted octanol–water partition coefficient (Wildman–Crippen LogP) is 0.716. The Morgan fingerprint density at radius 2 is 2.16 bits per heavy atom. The number of carbonyl (C=O) groups is 1. The van der Waals surface area contributed by atoms with Crippen LogP contribution in [0.15, 0.2) is 17.2 Å². The SMILES string of the molecule is CCn1ccnc(N(CC(=O)O)CC(F)(F)F)c1=O. The number of carboxylic acid groups (broad SMARTS) is 1. The van der Waals surface area contributed by atoms with Crippen LogP contribution in [0.5, 0.6) is 0 Å². The third-order valence-electron chi connectivity index (χ3n) is 2.23. The van der Waals surface area contributed by atoms with Gasteiger partial charge in [0.1, 0.15) is 13.1 Å². The molecule has 0 aromatic carbocycles. The maximum Gasteiger partial charge on any atom is 0.405 e. The first-order valence-corrected chi connectivity index (χ1v) is 5.33. The summed E-state index contributed by atoms with van der Waals surface area (Å²) in [6.07, 6.45) is -2.15. The zero-order chi connectivity index (χ0) is 14.6. The summed E-state index contributed by atoms with van der Waals surface area (Å²) in [7, 11) is 0. The standard InChI is InChI=1S/C10H12F3N3O3/c1-2-15-4-3-14-8(9(15)19)16(5-7(17)18)6-10(11,12)13/h3-4H,2,5-6H2,1H3,(H,17,18). The monoisotopic (exact) mass is 279 g/mol. The normalized spacial score (nSPS) is 11.4. The van der Waals surface area contributed by atoms with Crippen LogP contribution in [-0.2, 0) is 11.3 Å². The van der Waals surface area contributed by atoms with E-state index in [-0.39, 0.29) is 6.54 Å². The summed E-state index contributed by atoms with van der Waals surface area (Å²) in [6.45, 7) is -0.609. The first-order chi connectivity index (χ1) is 8.74. The van der Waals surface area contributed by atoms with Crippen LogP contribution in [0.1, 0.15) is 6.92 Å². The highest BCUT2D eigenvalue weighted by Gasteiger charge is 2.33. The number of anilines is 1. The second-order valence-electron chi connectivity index (χ2n) is 3.71. The maximum atomic E-state index is 12.4. The Bertz CT molecular complexity index is 513. The lowest BCUT2D eigenvalue weighted by Gasteiger charge is -2.22. The van der Waals surface area contributed by atoms with E-state index in [4.69, 9.17) is 5.11 Å². The number of rotatable bonds is 5. The van der Waals surface area contributed by atoms with E-state index in [9.17, 15) is 22.8 Å². The van der Waals surface area contributed by atoms with E-state index in [0.717, 1.165) is 10.8 Å². The molecule has 0 unspecified atom stereocenters. The molecule has 0 atom stereocenters. The summed E-state index contributed by atoms with van der Waals surface area (Å²) < 4.78 is 38.3. The van der Waals surface area contributed by atoms with Crippen LogP contribution in [-0.4, -0.2) is 39.9 Å². The zero-order valence-electron chi connectivity index (χ0n) is 10.0. The van der Waals surface area contributed by atoms with E-state index in [2.05, 4.69) is 4.98 Å². The van der Waals surface area contributed by atoms with Gasteiger partial charge in [0.25, 0.3) is 5.56 Å². The highest BCUT2D eigenvalue weighted by atomic mass is 19.4. The van der Waals surface area contributed by atoms with Gasteiger partial charge in [-0.15, -0.1) is 0 Å². The van der Waals surface area contributed by atoms with Crippen LogP contribution in [0.2, 0.25) is 0 Å². The molecule has 0 aliphatic rings. The van der Waals surface area contributed by atoms with Crippen LogP contribution in [0, 0.1) is 0 Å². The van der Waals surface area contributed by atoms with Crippen molar-refractivity contribution < 1.29 is 23.1 Å². The fourth-order valence-electron chi connectivity index (χ4n) is 1.49. The van der Waals surface area contributed by atoms with Crippen LogP contribution in [0.4, 0.5) is 19.0 Å². The number of nitrogens with zero attached hydrogens (tertiary/aromatic N) is 3. The lowest BCUT2D eigenvalue weighted by Crippen LogP contribution is -2.42. The highest BCUT2D eigenvalue weighted by molar-refractivity contribution is 5.73. The van der Waals surface area contributed by atoms with Crippen LogP contribution >= 0.6 is 0 Å². The predicted molar refractivity (Wildman–Crippen MR) is 60.1 cm³/mol. The Kier molecular flexibility index (Phi) is 4.52. The molecular formula is C10H12F3N3O3. The maximum absolute atomic E-state index is 12.4. The first-order valence-electron chi connectivity index (χ1n) is 5.33. The Balaban J connectivity index is 3.17. The topological polar surface area (TPSA) is 75.4 Å². The Labute approximate surface area is 106 Å². The van der Waals surface area contributed by atoms with Gasteiger partial charge in [-0.2, -0.15) is 13.2 Å². The number of aryl methyl sites for hydroxylation is 1. The molecule has 19 heavy (non-hydrogen) atoms. The Morgan fingerprint density at radius 3 is 2.63 bits per heavy atom. The number of alkyl halides is 3. The molecule has 0 saturated heterocycles. The molecule has 0 saturated carbocycles. The molecule has 1 heterocycles. The summed E-state index contributed by atoms with van der Waals surface area (Å²) in [5.41, 5.74) is -0.754. The van der Waals surface area contributed by atoms with Gasteiger partial charge in [0.15, 0.2) is 5.82 Å². The fraction of sp³-hybridized carbons (Fsp3) is 0.500. The third-order valence-corrected chi connectivity index (χ3v) is 2.23. The smallest absolute Gasteiger partial charge is 0.405 e. The summed E-state index contributed by atoms with van der Waals surface area (Å²) in [4.78, 5) is 26.3. The van der Waals surface area contributed by atoms with Gasteiger partial charge in [-0.3, -0.25) is 9.59 Å². The zero-order valence-corrected chi connectivity index (χ0v) is 10.0. The number of carboxylic acids is 1. The van der Waals surface area contributed by atoms with Crippen molar-refractivity contribution in [1.29, 1.82) is 0 Å². The van der Waals surface area contributed by atoms with E-state index >= 15 is 0 Å². The molecule has 0 bridgehead atoms. The van der Waals surface area contributed by atoms with Crippen molar-refractivity contribution in [2.75, 3.05) is 18.0 Å². The van der Waals surface area contributed by atoms with Gasteiger partial charge in [-0.1, -0.05) is 0 Å². The summed E-state index contributed by atoms with van der Waals surface area (Å²) in [6, 6.07) is 0. The summed E-state index contributed by atoms with van der Waals surface area (Å²) in [5, 5.41) is 8.61. The van der Waals surface area contributed by atoms with Crippen molar-refractivity contribution in [2.24, 2.45) is 0 Å². The molecule has 0 aliphatic heterocycles. The van der Waals surface area contributed by atoms with Gasteiger partial charge >= 0.3 is 12.1 Å². The van der Waals surface area contributed by atoms with E-state index in [0.29, 0.717) is 4.90 Å². The minimum Gasteiger partial charge on any atom is -0.480 e. The van der Waals surface area contributed by atoms with Crippen molar-refractivity contribution >= 4 is 11.8 Å². The van der Waals surface area contributed by atoms with Crippen LogP contribution in [0.3, 0.4) is 0 Å². The molecule has 0 fully saturated rings. The van der Waals surface area contributed by atoms with Gasteiger partial charge in [-0.05, 0) is 6.92 Å². The second-order valence-corrected chi connectivity index (χ2v) is 3.71. The quantitative estimate of drug-likeness (QED) is 0.859. The van der Waals surface area contributed by atoms with Crippen molar-refractivity contribution in [3.63, 3.8) is 0 Å². The molecule has 0 amide bonds. The van der Waals surface area contributed by atoms with E-state index in [1.807, 2.05) is 0 Å². The average molecular weight is 279 g/mol. The minimum atomic E-state index is -4.63. The molecule has 1 rings (SSSR count). The van der Waals surface area contributed by atoms with Gasteiger partial charge in [0.2, 0.25) is 0 Å². The lowest BCUT2D eigenvalue weighted by atomic mass is 10.4. The van der Waals surface area contributed by atoms with Gasteiger partial charge in [0.05, 0.1) is 0 Å². The molecule has 9 heteroatoms. The molecule has 0 aliphatic carbocycles. The van der Waals surface area contributed by atoms with Gasteiger partial charge < -0.3 is 14.6 Å². The van der Waals surface area contributed by atoms with Crippen molar-refractivity contribution in [1.82, 2.24) is 9.55 Å². The van der Waals surface area contributed by atoms with Crippen molar-refractivity contribution in [2.45, 2.75) is 19.6 Å². The largest absolute Gasteiger partial charge is 0.480 e. The van der Waals surface area contributed by atoms with Crippen LogP contribution in [0.25, 0.3) is 0 Å². The number of aliphatic carboxylic acids is 1. The molecule has 1 aromatic heterocycles. The van der Waals surface area contributed by atoms with E-state index in [1.54, 1.807) is 6.92 Å². The van der Waals surface area contributed by atoms with Gasteiger partial charge in [0, 0.05) is 18.9 Å². The molecule has 106 valence electrons. The number of aromatic nitrogens is 2. The summed E-state index contributed by atoms with van der Waals surface area (Å²) >= 11 is 0. The lowest BCUT2D eigenvalue weighted by molar-refractivity contribution is -0.136. The number of halogens is 3. The summed E-state index contributed by atoms with van der Waals surface area (Å²) in [5.74, 6) is -2.00. The minimum absolute atomic E-state index is 0.251. The van der Waals surface area contributed by atoms with Gasteiger partial charge in [-0.25, -0.2) is 4.98 Å². The Hall–Kier alpha value is -2.06. The molecule has 1 aromatic rings. The number of hydrogen-bond acceptors (Lipinski definition) is 4. The van der Waals surface area contributed by atoms with Crippen molar-refractivity contribution in [3.05, 3.63) is 22.7 Å². The van der Waals surface area contributed by atoms with E-state index < -0.39 is 36.6 Å². The number of hydrogen-bond donors (Lipinski definition) is 1. The highest BCUT2D eigenvalue weighted by Crippen LogP contribution is 2.18. The molecule has 0 spiro atoms. The average Bonchev–Trinajstić information content (AvgIpc) is 2.26. The molecule has 6 nitrogen and oxygen atoms in total. The van der Waals surface area contributed by atoms with Crippen molar-refractivity contribution in [3.8, 4) is 0 Å². The first kappa shape index (κ1) is 15.0.